The Morgan fingerprint density at radius 1 is 1.08 bits per heavy atom. The van der Waals surface area contributed by atoms with Crippen molar-refractivity contribution in [3.05, 3.63) is 0 Å². The molecule has 2 aliphatic heterocycles. The highest BCUT2D eigenvalue weighted by molar-refractivity contribution is 5.78. The summed E-state index contributed by atoms with van der Waals surface area (Å²) in [4.78, 5) is 19.5. The van der Waals surface area contributed by atoms with E-state index in [0.29, 0.717) is 6.04 Å². The fraction of sp³-hybridized carbons (Fsp3) is 0.947. The molecule has 2 heterocycles. The van der Waals surface area contributed by atoms with Gasteiger partial charge < -0.3 is 15.1 Å². The summed E-state index contributed by atoms with van der Waals surface area (Å²) in [6.07, 6.45) is 3.40. The van der Waals surface area contributed by atoms with Gasteiger partial charge in [0.05, 0.1) is 0 Å². The zero-order valence-corrected chi connectivity index (χ0v) is 16.5. The third-order valence-corrected chi connectivity index (χ3v) is 5.86. The predicted octanol–water partition coefficient (Wildman–Crippen LogP) is 1.64. The van der Waals surface area contributed by atoms with E-state index in [2.05, 4.69) is 40.9 Å². The maximum atomic E-state index is 11.8. The van der Waals surface area contributed by atoms with Crippen LogP contribution in [0, 0.1) is 5.92 Å². The van der Waals surface area contributed by atoms with Crippen molar-refractivity contribution in [1.82, 2.24) is 20.0 Å². The molecule has 2 rings (SSSR count). The van der Waals surface area contributed by atoms with Crippen molar-refractivity contribution < 1.29 is 4.79 Å². The number of piperazine rings is 1. The first-order valence-corrected chi connectivity index (χ1v) is 9.74. The minimum Gasteiger partial charge on any atom is -0.353 e. The maximum absolute atomic E-state index is 11.8. The number of carbonyl (C=O) groups is 1. The zero-order valence-electron chi connectivity index (χ0n) is 16.5. The van der Waals surface area contributed by atoms with Gasteiger partial charge in [0.1, 0.15) is 0 Å². The Hall–Kier alpha value is -0.650. The first-order chi connectivity index (χ1) is 11.3. The lowest BCUT2D eigenvalue weighted by atomic mass is 9.95. The minimum absolute atomic E-state index is 0.0902. The molecule has 1 N–H and O–H groups in total. The van der Waals surface area contributed by atoms with Crippen LogP contribution in [-0.2, 0) is 4.79 Å². The van der Waals surface area contributed by atoms with Gasteiger partial charge in [-0.1, -0.05) is 13.8 Å². The molecule has 1 amide bonds. The maximum Gasteiger partial charge on any atom is 0.222 e. The number of amides is 1. The highest BCUT2D eigenvalue weighted by Gasteiger charge is 2.30. The van der Waals surface area contributed by atoms with Gasteiger partial charge in [-0.3, -0.25) is 9.69 Å². The second-order valence-corrected chi connectivity index (χ2v) is 8.63. The van der Waals surface area contributed by atoms with Crippen molar-refractivity contribution in [2.24, 2.45) is 5.92 Å². The SMILES string of the molecule is CC(C)C(=O)NC1CCN(CCC(C)(C)N2CCN(C)CC2)CC1. The van der Waals surface area contributed by atoms with Gasteiger partial charge in [0.25, 0.3) is 0 Å². The number of hydrogen-bond acceptors (Lipinski definition) is 4. The molecule has 0 atom stereocenters. The first kappa shape index (κ1) is 19.7. The van der Waals surface area contributed by atoms with E-state index in [-0.39, 0.29) is 17.4 Å². The molecule has 140 valence electrons. The molecule has 0 bridgehead atoms. The van der Waals surface area contributed by atoms with Crippen LogP contribution in [0.4, 0.5) is 0 Å². The number of likely N-dealkylation sites (tertiary alicyclic amines) is 1. The number of nitrogens with one attached hydrogen (secondary N) is 1. The number of likely N-dealkylation sites (N-methyl/N-ethyl adjacent to an activating group) is 1. The second-order valence-electron chi connectivity index (χ2n) is 8.63. The summed E-state index contributed by atoms with van der Waals surface area (Å²) in [6.45, 7) is 16.9. The van der Waals surface area contributed by atoms with Crippen LogP contribution in [0.15, 0.2) is 0 Å². The van der Waals surface area contributed by atoms with Crippen LogP contribution in [0.25, 0.3) is 0 Å². The van der Waals surface area contributed by atoms with Crippen molar-refractivity contribution in [3.63, 3.8) is 0 Å². The lowest BCUT2D eigenvalue weighted by molar-refractivity contribution is -0.125. The monoisotopic (exact) mass is 338 g/mol. The van der Waals surface area contributed by atoms with Gasteiger partial charge in [-0.15, -0.1) is 0 Å². The second kappa shape index (κ2) is 8.63. The largest absolute Gasteiger partial charge is 0.353 e. The molecule has 2 saturated heterocycles. The van der Waals surface area contributed by atoms with Crippen molar-refractivity contribution in [2.75, 3.05) is 52.9 Å². The van der Waals surface area contributed by atoms with Crippen LogP contribution in [0.2, 0.25) is 0 Å². The normalized spacial score (nSPS) is 22.9. The summed E-state index contributed by atoms with van der Waals surface area (Å²) in [5.41, 5.74) is 0.282. The van der Waals surface area contributed by atoms with Crippen molar-refractivity contribution in [2.45, 2.75) is 58.5 Å². The quantitative estimate of drug-likeness (QED) is 0.799. The van der Waals surface area contributed by atoms with Crippen LogP contribution in [0.3, 0.4) is 0 Å². The van der Waals surface area contributed by atoms with Gasteiger partial charge in [0, 0.05) is 56.8 Å². The van der Waals surface area contributed by atoms with Crippen molar-refractivity contribution in [3.8, 4) is 0 Å². The Balaban J connectivity index is 1.69. The number of hydrogen-bond donors (Lipinski definition) is 1. The summed E-state index contributed by atoms with van der Waals surface area (Å²) in [7, 11) is 2.21. The summed E-state index contributed by atoms with van der Waals surface area (Å²) >= 11 is 0. The van der Waals surface area contributed by atoms with Crippen LogP contribution < -0.4 is 5.32 Å². The molecule has 0 radical (unpaired) electrons. The molecule has 2 aliphatic rings. The van der Waals surface area contributed by atoms with E-state index in [0.717, 1.165) is 25.9 Å². The van der Waals surface area contributed by atoms with E-state index in [4.69, 9.17) is 0 Å². The molecule has 5 nitrogen and oxygen atoms in total. The molecule has 0 unspecified atom stereocenters. The fourth-order valence-corrected chi connectivity index (χ4v) is 3.67. The number of piperidine rings is 1. The van der Waals surface area contributed by atoms with E-state index in [1.54, 1.807) is 0 Å². The number of carbonyl (C=O) groups excluding carboxylic acids is 1. The van der Waals surface area contributed by atoms with Crippen molar-refractivity contribution in [1.29, 1.82) is 0 Å². The fourth-order valence-electron chi connectivity index (χ4n) is 3.67. The molecular weight excluding hydrogens is 300 g/mol. The molecule has 0 aromatic carbocycles. The zero-order chi connectivity index (χ0) is 17.7. The Labute approximate surface area is 148 Å². The first-order valence-electron chi connectivity index (χ1n) is 9.74. The lowest BCUT2D eigenvalue weighted by Crippen LogP contribution is -2.55. The minimum atomic E-state index is 0.0902. The Morgan fingerprint density at radius 3 is 2.21 bits per heavy atom. The van der Waals surface area contributed by atoms with Gasteiger partial charge in [-0.2, -0.15) is 0 Å². The molecule has 0 aromatic heterocycles. The third-order valence-electron chi connectivity index (χ3n) is 5.86. The number of rotatable bonds is 6. The van der Waals surface area contributed by atoms with E-state index >= 15 is 0 Å². The van der Waals surface area contributed by atoms with E-state index in [9.17, 15) is 4.79 Å². The van der Waals surface area contributed by atoms with Crippen LogP contribution in [0.1, 0.15) is 47.0 Å². The van der Waals surface area contributed by atoms with Gasteiger partial charge in [-0.25, -0.2) is 0 Å². The molecule has 24 heavy (non-hydrogen) atoms. The third kappa shape index (κ3) is 5.71. The smallest absolute Gasteiger partial charge is 0.222 e. The lowest BCUT2D eigenvalue weighted by Gasteiger charge is -2.44. The van der Waals surface area contributed by atoms with Gasteiger partial charge in [-0.05, 0) is 46.7 Å². The molecule has 0 aliphatic carbocycles. The Morgan fingerprint density at radius 2 is 1.67 bits per heavy atom. The van der Waals surface area contributed by atoms with Crippen molar-refractivity contribution >= 4 is 5.91 Å². The highest BCUT2D eigenvalue weighted by Crippen LogP contribution is 2.22. The molecule has 0 saturated carbocycles. The molecule has 0 aromatic rings. The number of nitrogens with zero attached hydrogens (tertiary/aromatic N) is 3. The molecule has 0 spiro atoms. The van der Waals surface area contributed by atoms with E-state index < -0.39 is 0 Å². The average Bonchev–Trinajstić information content (AvgIpc) is 2.54. The van der Waals surface area contributed by atoms with Gasteiger partial charge >= 0.3 is 0 Å². The van der Waals surface area contributed by atoms with Gasteiger partial charge in [0.15, 0.2) is 0 Å². The summed E-state index contributed by atoms with van der Waals surface area (Å²) in [5, 5.41) is 3.19. The predicted molar refractivity (Wildman–Crippen MR) is 100 cm³/mol. The Kier molecular flexibility index (Phi) is 7.08. The van der Waals surface area contributed by atoms with E-state index in [1.165, 1.54) is 39.1 Å². The van der Waals surface area contributed by atoms with Crippen LogP contribution >= 0.6 is 0 Å². The Bertz CT molecular complexity index is 394. The molecule has 2 fully saturated rings. The summed E-state index contributed by atoms with van der Waals surface area (Å²) in [6, 6.07) is 0.377. The van der Waals surface area contributed by atoms with Crippen LogP contribution in [-0.4, -0.2) is 85.0 Å². The summed E-state index contributed by atoms with van der Waals surface area (Å²) in [5.74, 6) is 0.289. The topological polar surface area (TPSA) is 38.8 Å². The highest BCUT2D eigenvalue weighted by atomic mass is 16.1. The van der Waals surface area contributed by atoms with Gasteiger partial charge in [0.2, 0.25) is 5.91 Å². The van der Waals surface area contributed by atoms with E-state index in [1.807, 2.05) is 13.8 Å². The van der Waals surface area contributed by atoms with Crippen LogP contribution in [0.5, 0.6) is 0 Å². The molecular formula is C19H38N4O. The molecule has 5 heteroatoms. The standard InChI is InChI=1S/C19H38N4O/c1-16(2)18(24)20-17-6-9-22(10-7-17)11-8-19(3,4)23-14-12-21(5)13-15-23/h16-17H,6-15H2,1-5H3,(H,20,24). The summed E-state index contributed by atoms with van der Waals surface area (Å²) < 4.78 is 0. The average molecular weight is 339 g/mol.